The predicted octanol–water partition coefficient (Wildman–Crippen LogP) is 10.2. The quantitative estimate of drug-likeness (QED) is 0.218. The van der Waals surface area contributed by atoms with E-state index in [2.05, 4.69) is 9.88 Å². The molecule has 0 aliphatic carbocycles. The summed E-state index contributed by atoms with van der Waals surface area (Å²) in [5, 5.41) is 3.10. The first-order valence-electron chi connectivity index (χ1n) is 13.3. The molecule has 0 aliphatic rings. The van der Waals surface area contributed by atoms with Crippen LogP contribution in [0.4, 0.5) is 34.1 Å². The number of rotatable bonds is 6. The van der Waals surface area contributed by atoms with E-state index in [1.807, 2.05) is 126 Å². The van der Waals surface area contributed by atoms with Gasteiger partial charge >= 0.3 is 0 Å². The summed E-state index contributed by atoms with van der Waals surface area (Å²) < 4.78 is 25.4. The van der Waals surface area contributed by atoms with E-state index in [0.29, 0.717) is 10.4 Å². The highest BCUT2D eigenvalue weighted by Gasteiger charge is 2.24. The first-order valence-corrected chi connectivity index (χ1v) is 13.1. The van der Waals surface area contributed by atoms with Crippen LogP contribution in [0, 0.1) is 6.85 Å². The van der Waals surface area contributed by atoms with Crippen LogP contribution in [0.1, 0.15) is 9.81 Å². The third-order valence-corrected chi connectivity index (χ3v) is 7.51. The second-order valence-electron chi connectivity index (χ2n) is 8.44. The Morgan fingerprint density at radius 3 is 1.76 bits per heavy atom. The number of aromatic nitrogens is 1. The molecule has 2 heterocycles. The van der Waals surface area contributed by atoms with Gasteiger partial charge in [0.15, 0.2) is 0 Å². The number of hydrogen-bond acceptors (Lipinski definition) is 4. The minimum Gasteiger partial charge on any atom is -0.309 e. The molecule has 0 fully saturated rings. The van der Waals surface area contributed by atoms with Crippen molar-refractivity contribution in [3.63, 3.8) is 0 Å². The van der Waals surface area contributed by atoms with Crippen LogP contribution in [-0.4, -0.2) is 4.98 Å². The third-order valence-electron chi connectivity index (χ3n) is 6.19. The summed E-state index contributed by atoms with van der Waals surface area (Å²) in [6.45, 7) is -2.37. The van der Waals surface area contributed by atoms with Gasteiger partial charge in [0.25, 0.3) is 0 Å². The number of thiophene rings is 1. The molecule has 5 heteroatoms. The topological polar surface area (TPSA) is 19.4 Å². The molecule has 0 amide bonds. The predicted molar refractivity (Wildman–Crippen MR) is 159 cm³/mol. The lowest BCUT2D eigenvalue weighted by Crippen LogP contribution is -2.14. The monoisotopic (exact) mass is 520 g/mol. The number of pyridine rings is 1. The lowest BCUT2D eigenvalue weighted by Gasteiger charge is -2.30. The van der Waals surface area contributed by atoms with Crippen molar-refractivity contribution in [1.82, 2.24) is 4.98 Å². The molecule has 0 saturated carbocycles. The van der Waals surface area contributed by atoms with E-state index >= 15 is 0 Å². The molecule has 3 nitrogen and oxygen atoms in total. The average molecular weight is 521 g/mol. The SMILES string of the molecule is [2H]C([2H])([2H])c1nccc2scc(N(c3ccccc3)c3cccc(N(c4ccccc4)c4ccccc4)c3Cl)c12. The van der Waals surface area contributed by atoms with Crippen molar-refractivity contribution in [2.24, 2.45) is 0 Å². The standard InChI is InChI=1S/C32H24ClN3S/c1-23-31-29(22-37-30(31)20-21-34-23)36(26-16-9-4-10-17-26)28-19-11-18-27(32(28)33)35(24-12-5-2-6-13-24)25-14-7-3-8-15-25/h2-22H,1H3/i1D3. The Hall–Kier alpha value is -4.12. The summed E-state index contributed by atoms with van der Waals surface area (Å²) in [6.07, 6.45) is 1.56. The van der Waals surface area contributed by atoms with E-state index in [1.54, 1.807) is 6.20 Å². The van der Waals surface area contributed by atoms with Crippen LogP contribution in [0.2, 0.25) is 5.02 Å². The van der Waals surface area contributed by atoms with Crippen molar-refractivity contribution in [2.45, 2.75) is 6.85 Å². The van der Waals surface area contributed by atoms with Crippen LogP contribution >= 0.6 is 22.9 Å². The Morgan fingerprint density at radius 2 is 1.19 bits per heavy atom. The van der Waals surface area contributed by atoms with Gasteiger partial charge in [-0.25, -0.2) is 0 Å². The summed E-state index contributed by atoms with van der Waals surface area (Å²) in [6, 6.07) is 37.8. The van der Waals surface area contributed by atoms with Crippen molar-refractivity contribution < 1.29 is 4.11 Å². The van der Waals surface area contributed by atoms with Gasteiger partial charge in [0.2, 0.25) is 0 Å². The maximum atomic E-state index is 8.19. The van der Waals surface area contributed by atoms with Gasteiger partial charge in [-0.3, -0.25) is 4.98 Å². The van der Waals surface area contributed by atoms with Gasteiger partial charge in [-0.05, 0) is 61.4 Å². The van der Waals surface area contributed by atoms with Crippen LogP contribution < -0.4 is 9.80 Å². The normalized spacial score (nSPS) is 12.5. The lowest BCUT2D eigenvalue weighted by atomic mass is 10.1. The fraction of sp³-hybridized carbons (Fsp3) is 0.0312. The van der Waals surface area contributed by atoms with E-state index in [4.69, 9.17) is 15.7 Å². The summed E-state index contributed by atoms with van der Waals surface area (Å²) in [4.78, 5) is 8.45. The number of nitrogens with zero attached hydrogens (tertiary/aromatic N) is 3. The molecule has 0 radical (unpaired) electrons. The summed E-state index contributed by atoms with van der Waals surface area (Å²) in [7, 11) is 0. The Labute approximate surface area is 230 Å². The van der Waals surface area contributed by atoms with Crippen LogP contribution in [-0.2, 0) is 0 Å². The molecule has 0 N–H and O–H groups in total. The van der Waals surface area contributed by atoms with E-state index in [1.165, 1.54) is 11.3 Å². The average Bonchev–Trinajstić information content (AvgIpc) is 3.40. The second-order valence-corrected chi connectivity index (χ2v) is 9.73. The zero-order valence-corrected chi connectivity index (χ0v) is 21.3. The molecule has 0 spiro atoms. The number of benzene rings is 4. The molecule has 6 rings (SSSR count). The molecule has 2 aromatic heterocycles. The Balaban J connectivity index is 1.61. The van der Waals surface area contributed by atoms with Gasteiger partial charge in [0, 0.05) is 48.5 Å². The summed E-state index contributed by atoms with van der Waals surface area (Å²) in [5.74, 6) is 0. The van der Waals surface area contributed by atoms with Crippen LogP contribution in [0.25, 0.3) is 10.1 Å². The third kappa shape index (κ3) is 4.35. The molecule has 0 saturated heterocycles. The Bertz CT molecular complexity index is 1720. The first kappa shape index (κ1) is 20.0. The van der Waals surface area contributed by atoms with Crippen molar-refractivity contribution in [3.05, 3.63) is 138 Å². The number of para-hydroxylation sites is 3. The molecule has 4 aromatic carbocycles. The molecule has 0 aliphatic heterocycles. The lowest BCUT2D eigenvalue weighted by molar-refractivity contribution is 1.23. The van der Waals surface area contributed by atoms with E-state index < -0.39 is 6.85 Å². The fourth-order valence-electron chi connectivity index (χ4n) is 4.55. The van der Waals surface area contributed by atoms with Gasteiger partial charge in [-0.2, -0.15) is 0 Å². The van der Waals surface area contributed by atoms with Gasteiger partial charge in [0.05, 0.1) is 22.1 Å². The second kappa shape index (κ2) is 10.1. The number of anilines is 6. The minimum atomic E-state index is -2.37. The zero-order chi connectivity index (χ0) is 27.7. The fourth-order valence-corrected chi connectivity index (χ4v) is 5.77. The number of hydrogen-bond donors (Lipinski definition) is 0. The molecular formula is C32H24ClN3S. The molecule has 180 valence electrons. The summed E-state index contributed by atoms with van der Waals surface area (Å²) >= 11 is 8.83. The zero-order valence-electron chi connectivity index (χ0n) is 22.8. The number of aryl methyl sites for hydroxylation is 1. The van der Waals surface area contributed by atoms with Crippen molar-refractivity contribution in [1.29, 1.82) is 0 Å². The van der Waals surface area contributed by atoms with Crippen molar-refractivity contribution in [3.8, 4) is 0 Å². The molecular weight excluding hydrogens is 494 g/mol. The van der Waals surface area contributed by atoms with E-state index in [0.717, 1.165) is 38.8 Å². The first-order chi connectivity index (χ1) is 19.4. The Kier molecular flexibility index (Phi) is 5.45. The van der Waals surface area contributed by atoms with Gasteiger partial charge in [0.1, 0.15) is 0 Å². The van der Waals surface area contributed by atoms with E-state index in [9.17, 15) is 0 Å². The highest BCUT2D eigenvalue weighted by molar-refractivity contribution is 7.17. The van der Waals surface area contributed by atoms with Crippen LogP contribution in [0.15, 0.2) is 127 Å². The van der Waals surface area contributed by atoms with Crippen molar-refractivity contribution in [2.75, 3.05) is 9.80 Å². The molecule has 0 atom stereocenters. The Morgan fingerprint density at radius 1 is 0.649 bits per heavy atom. The highest BCUT2D eigenvalue weighted by Crippen LogP contribution is 2.48. The van der Waals surface area contributed by atoms with Crippen molar-refractivity contribution >= 4 is 67.1 Å². The molecule has 0 bridgehead atoms. The maximum absolute atomic E-state index is 8.19. The molecule has 37 heavy (non-hydrogen) atoms. The van der Waals surface area contributed by atoms with E-state index in [-0.39, 0.29) is 5.69 Å². The largest absolute Gasteiger partial charge is 0.309 e. The van der Waals surface area contributed by atoms with Gasteiger partial charge in [-0.1, -0.05) is 72.3 Å². The van der Waals surface area contributed by atoms with Crippen LogP contribution in [0.3, 0.4) is 0 Å². The van der Waals surface area contributed by atoms with Gasteiger partial charge in [-0.15, -0.1) is 11.3 Å². The van der Waals surface area contributed by atoms with Crippen LogP contribution in [0.5, 0.6) is 0 Å². The minimum absolute atomic E-state index is 0.0738. The highest BCUT2D eigenvalue weighted by atomic mass is 35.5. The summed E-state index contributed by atoms with van der Waals surface area (Å²) in [5.41, 5.74) is 5.10. The van der Waals surface area contributed by atoms with Gasteiger partial charge < -0.3 is 9.80 Å². The maximum Gasteiger partial charge on any atom is 0.0887 e. The number of fused-ring (bicyclic) bond motifs is 1. The number of halogens is 1. The molecule has 6 aromatic rings. The smallest absolute Gasteiger partial charge is 0.0887 e. The molecule has 0 unspecified atom stereocenters.